The fourth-order valence-electron chi connectivity index (χ4n) is 1.27. The molecule has 0 aromatic carbocycles. The number of carbonyl (C=O) groups is 1. The molecule has 2 N–H and O–H groups in total. The van der Waals surface area contributed by atoms with Crippen LogP contribution >= 0.6 is 34.4 Å². The van der Waals surface area contributed by atoms with Crippen LogP contribution in [0.15, 0.2) is 15.9 Å². The molecule has 2 aromatic rings. The molecule has 102 valence electrons. The van der Waals surface area contributed by atoms with E-state index in [1.165, 1.54) is 23.1 Å². The Labute approximate surface area is 122 Å². The fourth-order valence-corrected chi connectivity index (χ4v) is 3.45. The van der Waals surface area contributed by atoms with Crippen molar-refractivity contribution in [3.05, 3.63) is 16.6 Å². The maximum atomic E-state index is 10.4. The van der Waals surface area contributed by atoms with Gasteiger partial charge in [-0.2, -0.15) is 0 Å². The number of aromatic nitrogens is 3. The topological polar surface area (TPSA) is 88.0 Å². The summed E-state index contributed by atoms with van der Waals surface area (Å²) >= 11 is 4.17. The van der Waals surface area contributed by atoms with Crippen LogP contribution in [0.2, 0.25) is 0 Å². The number of nitrogens with zero attached hydrogens (tertiary/aromatic N) is 3. The zero-order valence-corrected chi connectivity index (χ0v) is 12.5. The molecule has 0 aliphatic rings. The minimum atomic E-state index is -0.855. The largest absolute Gasteiger partial charge is 0.481 e. The Hall–Kier alpha value is -1.19. The number of aliphatic carboxylic acids is 1. The summed E-state index contributed by atoms with van der Waals surface area (Å²) < 4.78 is 0.659. The van der Waals surface area contributed by atoms with Gasteiger partial charge >= 0.3 is 5.97 Å². The van der Waals surface area contributed by atoms with E-state index < -0.39 is 5.97 Å². The number of rotatable bonds is 7. The van der Waals surface area contributed by atoms with E-state index in [9.17, 15) is 4.79 Å². The van der Waals surface area contributed by atoms with Gasteiger partial charge < -0.3 is 10.4 Å². The zero-order valence-electron chi connectivity index (χ0n) is 10.1. The van der Waals surface area contributed by atoms with Crippen molar-refractivity contribution in [3.63, 3.8) is 0 Å². The molecule has 0 fully saturated rings. The van der Waals surface area contributed by atoms with Crippen LogP contribution in [-0.4, -0.2) is 38.6 Å². The van der Waals surface area contributed by atoms with Crippen LogP contribution in [-0.2, 0) is 4.79 Å². The Bertz CT molecular complexity index is 529. The minimum absolute atomic E-state index is 0.00412. The van der Waals surface area contributed by atoms with Gasteiger partial charge in [-0.05, 0) is 0 Å². The lowest BCUT2D eigenvalue weighted by Crippen LogP contribution is -2.09. The predicted molar refractivity (Wildman–Crippen MR) is 77.3 cm³/mol. The number of carboxylic acid groups (broad SMARTS) is 1. The van der Waals surface area contributed by atoms with Crippen molar-refractivity contribution in [2.24, 2.45) is 0 Å². The van der Waals surface area contributed by atoms with Crippen molar-refractivity contribution >= 4 is 45.5 Å². The first-order valence-electron chi connectivity index (χ1n) is 5.46. The van der Waals surface area contributed by atoms with Gasteiger partial charge in [0.25, 0.3) is 0 Å². The van der Waals surface area contributed by atoms with Crippen LogP contribution in [0.5, 0.6) is 0 Å². The SMILES string of the molecule is CC(CNc1nnc(SCC(=O)O)s1)c1nccs1. The van der Waals surface area contributed by atoms with Crippen molar-refractivity contribution in [2.75, 3.05) is 17.6 Å². The van der Waals surface area contributed by atoms with Crippen LogP contribution in [0.1, 0.15) is 17.8 Å². The lowest BCUT2D eigenvalue weighted by atomic mass is 10.2. The number of hydrogen-bond donors (Lipinski definition) is 2. The van der Waals surface area contributed by atoms with Crippen LogP contribution < -0.4 is 5.32 Å². The molecule has 0 radical (unpaired) electrons. The molecule has 1 unspecified atom stereocenters. The van der Waals surface area contributed by atoms with E-state index in [2.05, 4.69) is 27.4 Å². The van der Waals surface area contributed by atoms with Gasteiger partial charge in [0.2, 0.25) is 5.13 Å². The van der Waals surface area contributed by atoms with Crippen molar-refractivity contribution in [1.29, 1.82) is 0 Å². The first-order chi connectivity index (χ1) is 9.15. The third-order valence-electron chi connectivity index (χ3n) is 2.16. The maximum absolute atomic E-state index is 10.4. The quantitative estimate of drug-likeness (QED) is 0.758. The van der Waals surface area contributed by atoms with Crippen molar-refractivity contribution in [2.45, 2.75) is 17.2 Å². The lowest BCUT2D eigenvalue weighted by Gasteiger charge is -2.07. The Kier molecular flexibility index (Phi) is 5.11. The second kappa shape index (κ2) is 6.83. The van der Waals surface area contributed by atoms with E-state index in [0.29, 0.717) is 15.4 Å². The molecule has 2 rings (SSSR count). The summed E-state index contributed by atoms with van der Waals surface area (Å²) in [7, 11) is 0. The normalized spacial score (nSPS) is 12.3. The molecule has 2 aromatic heterocycles. The van der Waals surface area contributed by atoms with Gasteiger partial charge in [0, 0.05) is 24.0 Å². The highest BCUT2D eigenvalue weighted by molar-refractivity contribution is 8.01. The maximum Gasteiger partial charge on any atom is 0.313 e. The number of nitrogens with one attached hydrogen (secondary N) is 1. The minimum Gasteiger partial charge on any atom is -0.481 e. The van der Waals surface area contributed by atoms with Crippen molar-refractivity contribution < 1.29 is 9.90 Å². The molecule has 0 saturated heterocycles. The first kappa shape index (κ1) is 14.2. The molecule has 2 heterocycles. The summed E-state index contributed by atoms with van der Waals surface area (Å²) in [6.07, 6.45) is 1.79. The molecule has 0 amide bonds. The molecule has 0 aliphatic carbocycles. The molecule has 0 saturated carbocycles. The van der Waals surface area contributed by atoms with E-state index in [1.54, 1.807) is 17.5 Å². The Morgan fingerprint density at radius 2 is 2.42 bits per heavy atom. The monoisotopic (exact) mass is 316 g/mol. The molecule has 19 heavy (non-hydrogen) atoms. The Balaban J connectivity index is 1.81. The fraction of sp³-hybridized carbons (Fsp3) is 0.400. The number of carboxylic acids is 1. The zero-order chi connectivity index (χ0) is 13.7. The second-order valence-corrected chi connectivity index (χ2v) is 6.83. The number of thiazole rings is 1. The summed E-state index contributed by atoms with van der Waals surface area (Å²) in [5.74, 6) is -0.546. The van der Waals surface area contributed by atoms with Gasteiger partial charge in [-0.25, -0.2) is 4.98 Å². The van der Waals surface area contributed by atoms with E-state index in [1.807, 2.05) is 5.38 Å². The highest BCUT2D eigenvalue weighted by atomic mass is 32.2. The summed E-state index contributed by atoms with van der Waals surface area (Å²) in [5, 5.41) is 23.4. The average Bonchev–Trinajstić information content (AvgIpc) is 3.04. The third-order valence-corrected chi connectivity index (χ3v) is 5.16. The van der Waals surface area contributed by atoms with Crippen LogP contribution in [0.3, 0.4) is 0 Å². The van der Waals surface area contributed by atoms with Crippen LogP contribution in [0.4, 0.5) is 5.13 Å². The molecular formula is C10H12N4O2S3. The van der Waals surface area contributed by atoms with E-state index in [0.717, 1.165) is 11.6 Å². The van der Waals surface area contributed by atoms with Gasteiger partial charge in [-0.15, -0.1) is 21.5 Å². The highest BCUT2D eigenvalue weighted by Crippen LogP contribution is 2.26. The van der Waals surface area contributed by atoms with E-state index in [4.69, 9.17) is 5.11 Å². The van der Waals surface area contributed by atoms with Gasteiger partial charge in [0.05, 0.1) is 10.8 Å². The van der Waals surface area contributed by atoms with Crippen LogP contribution in [0.25, 0.3) is 0 Å². The molecular weight excluding hydrogens is 304 g/mol. The molecule has 0 aliphatic heterocycles. The summed E-state index contributed by atoms with van der Waals surface area (Å²) in [6, 6.07) is 0. The molecule has 0 spiro atoms. The summed E-state index contributed by atoms with van der Waals surface area (Å²) in [6.45, 7) is 2.82. The van der Waals surface area contributed by atoms with E-state index >= 15 is 0 Å². The summed E-state index contributed by atoms with van der Waals surface area (Å²) in [4.78, 5) is 14.7. The lowest BCUT2D eigenvalue weighted by molar-refractivity contribution is -0.133. The van der Waals surface area contributed by atoms with E-state index in [-0.39, 0.29) is 5.75 Å². The van der Waals surface area contributed by atoms with Gasteiger partial charge in [-0.1, -0.05) is 30.0 Å². The molecule has 6 nitrogen and oxygen atoms in total. The van der Waals surface area contributed by atoms with Gasteiger partial charge in [-0.3, -0.25) is 4.79 Å². The smallest absolute Gasteiger partial charge is 0.313 e. The molecule has 9 heteroatoms. The molecule has 0 bridgehead atoms. The standard InChI is InChI=1S/C10H12N4O2S3/c1-6(8-11-2-3-17-8)4-12-9-13-14-10(19-9)18-5-7(15)16/h2-3,6H,4-5H2,1H3,(H,12,13)(H,15,16). The second-order valence-electron chi connectivity index (χ2n) is 3.71. The highest BCUT2D eigenvalue weighted by Gasteiger charge is 2.10. The van der Waals surface area contributed by atoms with Gasteiger partial charge in [0.15, 0.2) is 4.34 Å². The van der Waals surface area contributed by atoms with Crippen LogP contribution in [0, 0.1) is 0 Å². The number of thioether (sulfide) groups is 1. The molecule has 1 atom stereocenters. The van der Waals surface area contributed by atoms with Gasteiger partial charge in [0.1, 0.15) is 0 Å². The Morgan fingerprint density at radius 3 is 3.11 bits per heavy atom. The average molecular weight is 316 g/mol. The van der Waals surface area contributed by atoms with Crippen molar-refractivity contribution in [3.8, 4) is 0 Å². The first-order valence-corrected chi connectivity index (χ1v) is 8.14. The third kappa shape index (κ3) is 4.44. The summed E-state index contributed by atoms with van der Waals surface area (Å²) in [5.41, 5.74) is 0. The number of hydrogen-bond acceptors (Lipinski definition) is 8. The number of anilines is 1. The predicted octanol–water partition coefficient (Wildman–Crippen LogP) is 2.39. The Morgan fingerprint density at radius 1 is 1.58 bits per heavy atom. The van der Waals surface area contributed by atoms with Crippen molar-refractivity contribution in [1.82, 2.24) is 15.2 Å².